The quantitative estimate of drug-likeness (QED) is 0.827. The molecule has 1 saturated heterocycles. The van der Waals surface area contributed by atoms with E-state index in [1.807, 2.05) is 0 Å². The molecule has 0 radical (unpaired) electrons. The number of carboxylic acid groups (broad SMARTS) is 1. The Morgan fingerprint density at radius 1 is 1.50 bits per heavy atom. The van der Waals surface area contributed by atoms with Crippen molar-refractivity contribution in [2.45, 2.75) is 25.3 Å². The first-order valence-electron chi connectivity index (χ1n) is 5.25. The van der Waals surface area contributed by atoms with Gasteiger partial charge in [-0.3, -0.25) is 10.1 Å². The molecule has 0 aliphatic carbocycles. The molecule has 0 amide bonds. The summed E-state index contributed by atoms with van der Waals surface area (Å²) in [7, 11) is 0. The van der Waals surface area contributed by atoms with Crippen LogP contribution in [0.25, 0.3) is 0 Å². The second-order valence-corrected chi connectivity index (χ2v) is 5.27. The lowest BCUT2D eigenvalue weighted by Gasteiger charge is -2.14. The smallest absolute Gasteiger partial charge is 0.321 e. The summed E-state index contributed by atoms with van der Waals surface area (Å²) in [6.45, 7) is 4.13. The van der Waals surface area contributed by atoms with Crippen LogP contribution in [0.1, 0.15) is 22.1 Å². The van der Waals surface area contributed by atoms with Crippen molar-refractivity contribution in [2.75, 3.05) is 5.75 Å². The standard InChI is InChI=1S/C12H15NO2S/c1-7-3-4-9(8(2)5-7)11-13-10(6-16-11)12(14)15/h3-5,10-11,13H,6H2,1-2H3,(H,14,15)/t10-,11+/m0/s1. The second kappa shape index (κ2) is 4.47. The highest BCUT2D eigenvalue weighted by atomic mass is 32.2. The highest BCUT2D eigenvalue weighted by Crippen LogP contribution is 2.34. The fourth-order valence-corrected chi connectivity index (χ4v) is 3.24. The Kier molecular flexibility index (Phi) is 3.21. The highest BCUT2D eigenvalue weighted by molar-refractivity contribution is 7.99. The van der Waals surface area contributed by atoms with Crippen molar-refractivity contribution in [3.8, 4) is 0 Å². The van der Waals surface area contributed by atoms with Crippen LogP contribution >= 0.6 is 11.8 Å². The molecule has 2 atom stereocenters. The molecule has 1 aliphatic heterocycles. The predicted octanol–water partition coefficient (Wildman–Crippen LogP) is 2.09. The lowest BCUT2D eigenvalue weighted by atomic mass is 10.1. The van der Waals surface area contributed by atoms with E-state index in [4.69, 9.17) is 5.11 Å². The van der Waals surface area contributed by atoms with E-state index in [-0.39, 0.29) is 5.37 Å². The summed E-state index contributed by atoms with van der Waals surface area (Å²) in [5.74, 6) is -0.132. The number of rotatable bonds is 2. The molecule has 16 heavy (non-hydrogen) atoms. The van der Waals surface area contributed by atoms with Crippen LogP contribution in [0, 0.1) is 13.8 Å². The number of aliphatic carboxylic acids is 1. The molecule has 1 aromatic rings. The molecule has 1 heterocycles. The normalized spacial score (nSPS) is 24.6. The highest BCUT2D eigenvalue weighted by Gasteiger charge is 2.30. The fraction of sp³-hybridized carbons (Fsp3) is 0.417. The van der Waals surface area contributed by atoms with Gasteiger partial charge < -0.3 is 5.11 Å². The maximum atomic E-state index is 10.8. The van der Waals surface area contributed by atoms with Gasteiger partial charge in [0.15, 0.2) is 0 Å². The van der Waals surface area contributed by atoms with Crippen LogP contribution in [0.3, 0.4) is 0 Å². The molecule has 1 aromatic carbocycles. The number of thioether (sulfide) groups is 1. The Morgan fingerprint density at radius 2 is 2.25 bits per heavy atom. The van der Waals surface area contributed by atoms with E-state index in [2.05, 4.69) is 37.4 Å². The summed E-state index contributed by atoms with van der Waals surface area (Å²) >= 11 is 1.66. The van der Waals surface area contributed by atoms with Crippen LogP contribution < -0.4 is 5.32 Å². The maximum Gasteiger partial charge on any atom is 0.321 e. The van der Waals surface area contributed by atoms with Crippen LogP contribution in [0.5, 0.6) is 0 Å². The lowest BCUT2D eigenvalue weighted by Crippen LogP contribution is -2.33. The molecule has 0 spiro atoms. The summed E-state index contributed by atoms with van der Waals surface area (Å²) in [5.41, 5.74) is 3.65. The van der Waals surface area contributed by atoms with Gasteiger partial charge in [0, 0.05) is 5.75 Å². The first kappa shape index (κ1) is 11.5. The van der Waals surface area contributed by atoms with Crippen molar-refractivity contribution < 1.29 is 9.90 Å². The van der Waals surface area contributed by atoms with Crippen molar-refractivity contribution in [1.82, 2.24) is 5.32 Å². The minimum absolute atomic E-state index is 0.113. The molecular weight excluding hydrogens is 222 g/mol. The van der Waals surface area contributed by atoms with Crippen molar-refractivity contribution in [3.05, 3.63) is 34.9 Å². The maximum absolute atomic E-state index is 10.8. The summed E-state index contributed by atoms with van der Waals surface area (Å²) in [6.07, 6.45) is 0. The monoisotopic (exact) mass is 237 g/mol. The van der Waals surface area contributed by atoms with Crippen LogP contribution in [0.2, 0.25) is 0 Å². The van der Waals surface area contributed by atoms with Crippen molar-refractivity contribution >= 4 is 17.7 Å². The number of aryl methyl sites for hydroxylation is 2. The first-order valence-corrected chi connectivity index (χ1v) is 6.30. The third kappa shape index (κ3) is 2.23. The number of hydrogen-bond acceptors (Lipinski definition) is 3. The summed E-state index contributed by atoms with van der Waals surface area (Å²) < 4.78 is 0. The van der Waals surface area contributed by atoms with Crippen LogP contribution in [0.15, 0.2) is 18.2 Å². The molecule has 86 valence electrons. The Morgan fingerprint density at radius 3 is 2.81 bits per heavy atom. The minimum Gasteiger partial charge on any atom is -0.480 e. The third-order valence-electron chi connectivity index (χ3n) is 2.79. The third-order valence-corrected chi connectivity index (χ3v) is 4.04. The average molecular weight is 237 g/mol. The van der Waals surface area contributed by atoms with Crippen LogP contribution in [-0.4, -0.2) is 22.9 Å². The Bertz CT molecular complexity index is 419. The summed E-state index contributed by atoms with van der Waals surface area (Å²) in [6, 6.07) is 5.86. The number of carboxylic acids is 1. The second-order valence-electron chi connectivity index (χ2n) is 4.13. The van der Waals surface area contributed by atoms with Gasteiger partial charge in [-0.05, 0) is 25.0 Å². The minimum atomic E-state index is -0.764. The molecule has 2 N–H and O–H groups in total. The molecule has 0 saturated carbocycles. The number of nitrogens with one attached hydrogen (secondary N) is 1. The van der Waals surface area contributed by atoms with E-state index in [1.165, 1.54) is 16.7 Å². The Balaban J connectivity index is 2.17. The lowest BCUT2D eigenvalue weighted by molar-refractivity contribution is -0.138. The van der Waals surface area contributed by atoms with Crippen molar-refractivity contribution in [3.63, 3.8) is 0 Å². The SMILES string of the molecule is Cc1ccc([C@@H]2N[C@H](C(=O)O)CS2)c(C)c1. The molecule has 0 unspecified atom stereocenters. The number of carbonyl (C=O) groups is 1. The average Bonchev–Trinajstić information content (AvgIpc) is 2.66. The number of hydrogen-bond donors (Lipinski definition) is 2. The zero-order valence-corrected chi connectivity index (χ0v) is 10.2. The zero-order valence-electron chi connectivity index (χ0n) is 9.36. The Labute approximate surface area is 99.2 Å². The van der Waals surface area contributed by atoms with E-state index in [9.17, 15) is 4.79 Å². The van der Waals surface area contributed by atoms with Crippen molar-refractivity contribution in [1.29, 1.82) is 0 Å². The van der Waals surface area contributed by atoms with Crippen LogP contribution in [0.4, 0.5) is 0 Å². The molecule has 0 aromatic heterocycles. The van der Waals surface area contributed by atoms with Gasteiger partial charge in [0.2, 0.25) is 0 Å². The van der Waals surface area contributed by atoms with E-state index in [0.717, 1.165) is 0 Å². The van der Waals surface area contributed by atoms with E-state index in [0.29, 0.717) is 5.75 Å². The van der Waals surface area contributed by atoms with Gasteiger partial charge in [-0.2, -0.15) is 0 Å². The first-order chi connectivity index (χ1) is 7.58. The molecule has 3 nitrogen and oxygen atoms in total. The van der Waals surface area contributed by atoms with Gasteiger partial charge in [-0.15, -0.1) is 11.8 Å². The largest absolute Gasteiger partial charge is 0.480 e. The molecular formula is C12H15NO2S. The topological polar surface area (TPSA) is 49.3 Å². The van der Waals surface area contributed by atoms with E-state index in [1.54, 1.807) is 11.8 Å². The van der Waals surface area contributed by atoms with Gasteiger partial charge in [-0.1, -0.05) is 23.8 Å². The number of benzene rings is 1. The van der Waals surface area contributed by atoms with Gasteiger partial charge >= 0.3 is 5.97 Å². The van der Waals surface area contributed by atoms with E-state index < -0.39 is 12.0 Å². The molecule has 1 aliphatic rings. The van der Waals surface area contributed by atoms with E-state index >= 15 is 0 Å². The van der Waals surface area contributed by atoms with Crippen molar-refractivity contribution in [2.24, 2.45) is 0 Å². The van der Waals surface area contributed by atoms with Gasteiger partial charge in [0.25, 0.3) is 0 Å². The van der Waals surface area contributed by atoms with Gasteiger partial charge in [0.05, 0.1) is 5.37 Å². The molecule has 1 fully saturated rings. The van der Waals surface area contributed by atoms with Crippen LogP contribution in [-0.2, 0) is 4.79 Å². The fourth-order valence-electron chi connectivity index (χ4n) is 1.91. The predicted molar refractivity (Wildman–Crippen MR) is 65.7 cm³/mol. The summed E-state index contributed by atoms with van der Waals surface area (Å²) in [4.78, 5) is 10.8. The van der Waals surface area contributed by atoms with Gasteiger partial charge in [-0.25, -0.2) is 0 Å². The zero-order chi connectivity index (χ0) is 11.7. The van der Waals surface area contributed by atoms with Gasteiger partial charge in [0.1, 0.15) is 6.04 Å². The Hall–Kier alpha value is -1.00. The molecule has 4 heteroatoms. The summed E-state index contributed by atoms with van der Waals surface area (Å²) in [5, 5.41) is 12.2. The molecule has 2 rings (SSSR count). The molecule has 0 bridgehead atoms.